The number of rotatable bonds is 4. The number of nitrogens with one attached hydrogen (secondary N) is 1. The molecule has 7 nitrogen and oxygen atoms in total. The first-order chi connectivity index (χ1) is 13.0. The summed E-state index contributed by atoms with van der Waals surface area (Å²) in [5.41, 5.74) is 1.13. The Morgan fingerprint density at radius 2 is 1.89 bits per heavy atom. The van der Waals surface area contributed by atoms with Gasteiger partial charge in [-0.1, -0.05) is 24.3 Å². The van der Waals surface area contributed by atoms with Crippen LogP contribution in [-0.2, 0) is 23.0 Å². The summed E-state index contributed by atoms with van der Waals surface area (Å²) in [5.74, 6) is -0.338. The molecule has 1 N–H and O–H groups in total. The van der Waals surface area contributed by atoms with Crippen LogP contribution in [0.15, 0.2) is 59.6 Å². The second-order valence-electron chi connectivity index (χ2n) is 5.96. The first kappa shape index (κ1) is 17.8. The average molecular weight is 400 g/mol. The standard InChI is InChI=1S/C18H16N4O3S2/c23-17(15-8-4-5-10-19-15)21-18-20-14-9-11-22(12-16(14)26-18)27(24,25)13-6-2-1-3-7-13/h1-8,10H,9,11-12H2,(H,20,21,23). The number of pyridine rings is 1. The van der Waals surface area contributed by atoms with Gasteiger partial charge in [-0.3, -0.25) is 15.1 Å². The lowest BCUT2D eigenvalue weighted by Gasteiger charge is -2.25. The van der Waals surface area contributed by atoms with Gasteiger partial charge in [0.1, 0.15) is 5.69 Å². The number of nitrogens with zero attached hydrogens (tertiary/aromatic N) is 3. The van der Waals surface area contributed by atoms with Crippen molar-refractivity contribution in [1.82, 2.24) is 14.3 Å². The number of hydrogen-bond donors (Lipinski definition) is 1. The van der Waals surface area contributed by atoms with Gasteiger partial charge in [-0.05, 0) is 24.3 Å². The van der Waals surface area contributed by atoms with Gasteiger partial charge in [-0.15, -0.1) is 11.3 Å². The van der Waals surface area contributed by atoms with Crippen molar-refractivity contribution in [3.05, 3.63) is 71.0 Å². The van der Waals surface area contributed by atoms with E-state index in [2.05, 4.69) is 15.3 Å². The van der Waals surface area contributed by atoms with Crippen LogP contribution in [0.3, 0.4) is 0 Å². The van der Waals surface area contributed by atoms with Crippen LogP contribution in [0.25, 0.3) is 0 Å². The van der Waals surface area contributed by atoms with Crippen molar-refractivity contribution in [2.45, 2.75) is 17.9 Å². The van der Waals surface area contributed by atoms with Crippen LogP contribution in [-0.4, -0.2) is 35.1 Å². The maximum Gasteiger partial charge on any atom is 0.276 e. The molecule has 1 aliphatic heterocycles. The summed E-state index contributed by atoms with van der Waals surface area (Å²) < 4.78 is 27.0. The van der Waals surface area contributed by atoms with E-state index < -0.39 is 10.0 Å². The van der Waals surface area contributed by atoms with Crippen molar-refractivity contribution in [2.75, 3.05) is 11.9 Å². The summed E-state index contributed by atoms with van der Waals surface area (Å²) in [4.78, 5) is 21.8. The van der Waals surface area contributed by atoms with Crippen molar-refractivity contribution in [2.24, 2.45) is 0 Å². The Morgan fingerprint density at radius 1 is 1.11 bits per heavy atom. The zero-order valence-corrected chi connectivity index (χ0v) is 15.8. The first-order valence-electron chi connectivity index (χ1n) is 8.30. The molecule has 1 aromatic carbocycles. The number of amides is 1. The molecular formula is C18H16N4O3S2. The number of carbonyl (C=O) groups is 1. The van der Waals surface area contributed by atoms with E-state index in [4.69, 9.17) is 0 Å². The third-order valence-corrected chi connectivity index (χ3v) is 7.05. The number of carbonyl (C=O) groups excluding carboxylic acids is 1. The quantitative estimate of drug-likeness (QED) is 0.727. The second kappa shape index (κ2) is 7.18. The van der Waals surface area contributed by atoms with Gasteiger partial charge in [-0.25, -0.2) is 13.4 Å². The molecule has 3 aromatic rings. The van der Waals surface area contributed by atoms with Crippen LogP contribution in [0.1, 0.15) is 21.1 Å². The predicted molar refractivity (Wildman–Crippen MR) is 102 cm³/mol. The van der Waals surface area contributed by atoms with Crippen molar-refractivity contribution in [3.8, 4) is 0 Å². The van der Waals surface area contributed by atoms with Gasteiger partial charge < -0.3 is 0 Å². The lowest BCUT2D eigenvalue weighted by atomic mass is 10.2. The van der Waals surface area contributed by atoms with Crippen LogP contribution in [0, 0.1) is 0 Å². The van der Waals surface area contributed by atoms with Crippen LogP contribution < -0.4 is 5.32 Å². The second-order valence-corrected chi connectivity index (χ2v) is 8.98. The number of benzene rings is 1. The van der Waals surface area contributed by atoms with Crippen LogP contribution in [0.4, 0.5) is 5.13 Å². The lowest BCUT2D eigenvalue weighted by molar-refractivity contribution is 0.102. The number of anilines is 1. The molecule has 1 amide bonds. The zero-order chi connectivity index (χ0) is 18.9. The van der Waals surface area contributed by atoms with Crippen LogP contribution >= 0.6 is 11.3 Å². The van der Waals surface area contributed by atoms with Crippen molar-refractivity contribution in [1.29, 1.82) is 0 Å². The molecule has 0 spiro atoms. The maximum atomic E-state index is 12.8. The van der Waals surface area contributed by atoms with Crippen molar-refractivity contribution >= 4 is 32.4 Å². The predicted octanol–water partition coefficient (Wildman–Crippen LogP) is 2.54. The highest BCUT2D eigenvalue weighted by Crippen LogP contribution is 2.31. The molecule has 0 aliphatic carbocycles. The number of thiazole rings is 1. The van der Waals surface area contributed by atoms with Gasteiger partial charge in [0.05, 0.1) is 17.1 Å². The fourth-order valence-corrected chi connectivity index (χ4v) is 5.36. The Bertz CT molecular complexity index is 1070. The molecule has 138 valence electrons. The number of hydrogen-bond acceptors (Lipinski definition) is 6. The summed E-state index contributed by atoms with van der Waals surface area (Å²) in [7, 11) is -3.55. The van der Waals surface area contributed by atoms with E-state index in [0.29, 0.717) is 23.8 Å². The van der Waals surface area contributed by atoms with Gasteiger partial charge in [0.2, 0.25) is 10.0 Å². The van der Waals surface area contributed by atoms with Crippen molar-refractivity contribution in [3.63, 3.8) is 0 Å². The molecule has 0 radical (unpaired) electrons. The average Bonchev–Trinajstić information content (AvgIpc) is 3.10. The Balaban J connectivity index is 1.52. The van der Waals surface area contributed by atoms with E-state index >= 15 is 0 Å². The molecule has 4 rings (SSSR count). The summed E-state index contributed by atoms with van der Waals surface area (Å²) in [6.07, 6.45) is 2.06. The maximum absolute atomic E-state index is 12.8. The third-order valence-electron chi connectivity index (χ3n) is 4.20. The fourth-order valence-electron chi connectivity index (χ4n) is 2.83. The molecule has 0 fully saturated rings. The Labute approximate surface area is 160 Å². The van der Waals surface area contributed by atoms with E-state index in [1.165, 1.54) is 15.6 Å². The highest BCUT2D eigenvalue weighted by atomic mass is 32.2. The van der Waals surface area contributed by atoms with Crippen LogP contribution in [0.2, 0.25) is 0 Å². The Morgan fingerprint density at radius 3 is 2.63 bits per heavy atom. The molecule has 9 heteroatoms. The van der Waals surface area contributed by atoms with E-state index in [9.17, 15) is 13.2 Å². The fraction of sp³-hybridized carbons (Fsp3) is 0.167. The normalized spacial score (nSPS) is 14.5. The molecule has 0 saturated carbocycles. The number of sulfonamides is 1. The molecular weight excluding hydrogens is 384 g/mol. The minimum absolute atomic E-state index is 0.254. The highest BCUT2D eigenvalue weighted by molar-refractivity contribution is 7.89. The van der Waals surface area contributed by atoms with E-state index in [-0.39, 0.29) is 17.3 Å². The third kappa shape index (κ3) is 3.61. The molecule has 0 saturated heterocycles. The van der Waals surface area contributed by atoms with Gasteiger partial charge in [0.25, 0.3) is 5.91 Å². The van der Waals surface area contributed by atoms with Gasteiger partial charge >= 0.3 is 0 Å². The molecule has 27 heavy (non-hydrogen) atoms. The Kier molecular flexibility index (Phi) is 4.73. The van der Waals surface area contributed by atoms with Crippen molar-refractivity contribution < 1.29 is 13.2 Å². The minimum atomic E-state index is -3.55. The molecule has 0 bridgehead atoms. The first-order valence-corrected chi connectivity index (χ1v) is 10.6. The molecule has 2 aromatic heterocycles. The zero-order valence-electron chi connectivity index (χ0n) is 14.2. The lowest BCUT2D eigenvalue weighted by Crippen LogP contribution is -2.35. The summed E-state index contributed by atoms with van der Waals surface area (Å²) in [5, 5.41) is 3.19. The molecule has 0 unspecified atom stereocenters. The van der Waals surface area contributed by atoms with E-state index in [1.807, 2.05) is 0 Å². The minimum Gasteiger partial charge on any atom is -0.296 e. The highest BCUT2D eigenvalue weighted by Gasteiger charge is 2.30. The van der Waals surface area contributed by atoms with Crippen LogP contribution in [0.5, 0.6) is 0 Å². The largest absolute Gasteiger partial charge is 0.296 e. The van der Waals surface area contributed by atoms with Gasteiger partial charge in [0, 0.05) is 24.0 Å². The smallest absolute Gasteiger partial charge is 0.276 e. The van der Waals surface area contributed by atoms with Gasteiger partial charge in [0.15, 0.2) is 5.13 Å². The Hall–Kier alpha value is -2.62. The SMILES string of the molecule is O=C(Nc1nc2c(s1)CN(S(=O)(=O)c1ccccc1)CC2)c1ccccn1. The monoisotopic (exact) mass is 400 g/mol. The number of fused-ring (bicyclic) bond motifs is 1. The molecule has 1 aliphatic rings. The topological polar surface area (TPSA) is 92.3 Å². The van der Waals surface area contributed by atoms with E-state index in [1.54, 1.807) is 54.7 Å². The summed E-state index contributed by atoms with van der Waals surface area (Å²) in [6, 6.07) is 13.5. The summed E-state index contributed by atoms with van der Waals surface area (Å²) >= 11 is 1.30. The van der Waals surface area contributed by atoms with Gasteiger partial charge in [-0.2, -0.15) is 4.31 Å². The summed E-state index contributed by atoms with van der Waals surface area (Å²) in [6.45, 7) is 0.616. The van der Waals surface area contributed by atoms with E-state index in [0.717, 1.165) is 10.6 Å². The molecule has 3 heterocycles. The molecule has 0 atom stereocenters. The number of aromatic nitrogens is 2.